The first-order valence-corrected chi connectivity index (χ1v) is 5.99. The van der Waals surface area contributed by atoms with E-state index in [1.807, 2.05) is 0 Å². The van der Waals surface area contributed by atoms with E-state index in [2.05, 4.69) is 0 Å². The molecule has 1 heterocycles. The standard InChI is InChI=1S/C14H10O8/c1-6(15)21-11-3-8-10(4-12(11)22-7(2)16)20-5-9(13(8)17)14(18)19/h3-5H,1-2H3,(H,18,19). The van der Waals surface area contributed by atoms with Gasteiger partial charge < -0.3 is 19.0 Å². The van der Waals surface area contributed by atoms with Crippen LogP contribution in [0.4, 0.5) is 0 Å². The quantitative estimate of drug-likeness (QED) is 0.666. The van der Waals surface area contributed by atoms with Crippen LogP contribution in [0.1, 0.15) is 24.2 Å². The molecule has 0 saturated carbocycles. The van der Waals surface area contributed by atoms with Gasteiger partial charge >= 0.3 is 17.9 Å². The molecule has 2 aromatic rings. The summed E-state index contributed by atoms with van der Waals surface area (Å²) < 4.78 is 14.8. The van der Waals surface area contributed by atoms with Crippen LogP contribution < -0.4 is 14.9 Å². The molecule has 2 rings (SSSR count). The molecule has 22 heavy (non-hydrogen) atoms. The van der Waals surface area contributed by atoms with Gasteiger partial charge in [-0.25, -0.2) is 4.79 Å². The summed E-state index contributed by atoms with van der Waals surface area (Å²) in [5, 5.41) is 8.78. The van der Waals surface area contributed by atoms with Crippen molar-refractivity contribution in [2.75, 3.05) is 0 Å². The fourth-order valence-corrected chi connectivity index (χ4v) is 1.75. The number of carboxylic acid groups (broad SMARTS) is 1. The van der Waals surface area contributed by atoms with E-state index in [0.29, 0.717) is 0 Å². The van der Waals surface area contributed by atoms with E-state index in [-0.39, 0.29) is 22.5 Å². The molecule has 0 unspecified atom stereocenters. The molecule has 1 aromatic heterocycles. The Morgan fingerprint density at radius 2 is 1.59 bits per heavy atom. The number of aromatic carboxylic acids is 1. The highest BCUT2D eigenvalue weighted by atomic mass is 16.6. The molecule has 1 aromatic carbocycles. The minimum absolute atomic E-state index is 0.0119. The summed E-state index contributed by atoms with van der Waals surface area (Å²) in [7, 11) is 0. The second-order valence-corrected chi connectivity index (χ2v) is 4.27. The number of rotatable bonds is 3. The largest absolute Gasteiger partial charge is 0.477 e. The Morgan fingerprint density at radius 1 is 1.05 bits per heavy atom. The fourth-order valence-electron chi connectivity index (χ4n) is 1.75. The summed E-state index contributed by atoms with van der Waals surface area (Å²) in [6.07, 6.45) is 0.788. The average Bonchev–Trinajstić information content (AvgIpc) is 2.39. The first-order chi connectivity index (χ1) is 10.3. The molecule has 0 aliphatic carbocycles. The van der Waals surface area contributed by atoms with E-state index in [4.69, 9.17) is 19.0 Å². The Kier molecular flexibility index (Phi) is 3.93. The molecular weight excluding hydrogens is 296 g/mol. The number of esters is 2. The third-order valence-electron chi connectivity index (χ3n) is 2.58. The minimum atomic E-state index is -1.45. The molecule has 8 heteroatoms. The third kappa shape index (κ3) is 2.95. The second-order valence-electron chi connectivity index (χ2n) is 4.27. The van der Waals surface area contributed by atoms with Gasteiger partial charge in [0.15, 0.2) is 11.5 Å². The summed E-state index contributed by atoms with van der Waals surface area (Å²) in [6, 6.07) is 2.26. The molecule has 0 saturated heterocycles. The smallest absolute Gasteiger partial charge is 0.342 e. The maximum absolute atomic E-state index is 12.1. The lowest BCUT2D eigenvalue weighted by Gasteiger charge is -2.09. The van der Waals surface area contributed by atoms with Crippen LogP contribution in [0.5, 0.6) is 11.5 Å². The molecule has 0 aliphatic rings. The Labute approximate surface area is 122 Å². The highest BCUT2D eigenvalue weighted by Crippen LogP contribution is 2.32. The highest BCUT2D eigenvalue weighted by molar-refractivity contribution is 5.92. The molecule has 1 N–H and O–H groups in total. The van der Waals surface area contributed by atoms with E-state index in [9.17, 15) is 19.2 Å². The van der Waals surface area contributed by atoms with Gasteiger partial charge in [0, 0.05) is 19.9 Å². The molecule has 0 radical (unpaired) electrons. The average molecular weight is 306 g/mol. The van der Waals surface area contributed by atoms with Crippen LogP contribution >= 0.6 is 0 Å². The summed E-state index contributed by atoms with van der Waals surface area (Å²) in [6.45, 7) is 2.27. The van der Waals surface area contributed by atoms with Gasteiger partial charge in [-0.1, -0.05) is 0 Å². The van der Waals surface area contributed by atoms with Crippen molar-refractivity contribution < 1.29 is 33.4 Å². The van der Waals surface area contributed by atoms with Crippen LogP contribution in [0.15, 0.2) is 27.6 Å². The highest BCUT2D eigenvalue weighted by Gasteiger charge is 2.18. The molecule has 0 fully saturated rings. The molecule has 0 spiro atoms. The van der Waals surface area contributed by atoms with Crippen molar-refractivity contribution in [2.24, 2.45) is 0 Å². The SMILES string of the molecule is CC(=O)Oc1cc2occ(C(=O)O)c(=O)c2cc1OC(C)=O. The molecule has 114 valence electrons. The van der Waals surface area contributed by atoms with Gasteiger partial charge in [-0.2, -0.15) is 0 Å². The Bertz CT molecular complexity index is 846. The summed E-state index contributed by atoms with van der Waals surface area (Å²) in [4.78, 5) is 45.1. The molecular formula is C14H10O8. The van der Waals surface area contributed by atoms with Crippen LogP contribution in [0.3, 0.4) is 0 Å². The van der Waals surface area contributed by atoms with Crippen molar-refractivity contribution in [3.63, 3.8) is 0 Å². The van der Waals surface area contributed by atoms with E-state index in [1.54, 1.807) is 0 Å². The van der Waals surface area contributed by atoms with Crippen LogP contribution in [0, 0.1) is 0 Å². The number of carbonyl (C=O) groups is 3. The zero-order valence-corrected chi connectivity index (χ0v) is 11.5. The van der Waals surface area contributed by atoms with Crippen LogP contribution in [-0.4, -0.2) is 23.0 Å². The molecule has 0 amide bonds. The first kappa shape index (κ1) is 15.2. The zero-order valence-electron chi connectivity index (χ0n) is 11.5. The normalized spacial score (nSPS) is 10.3. The summed E-state index contributed by atoms with van der Waals surface area (Å²) in [5.41, 5.74) is -1.39. The zero-order chi connectivity index (χ0) is 16.4. The lowest BCUT2D eigenvalue weighted by atomic mass is 10.1. The maximum Gasteiger partial charge on any atom is 0.342 e. The second kappa shape index (κ2) is 5.68. The Hall–Kier alpha value is -3.16. The van der Waals surface area contributed by atoms with Crippen molar-refractivity contribution >= 4 is 28.9 Å². The lowest BCUT2D eigenvalue weighted by molar-refractivity contribution is -0.134. The van der Waals surface area contributed by atoms with E-state index in [0.717, 1.165) is 26.2 Å². The predicted octanol–water partition coefficient (Wildman–Crippen LogP) is 1.34. The van der Waals surface area contributed by atoms with Gasteiger partial charge in [-0.15, -0.1) is 0 Å². The van der Waals surface area contributed by atoms with Crippen molar-refractivity contribution in [2.45, 2.75) is 13.8 Å². The van der Waals surface area contributed by atoms with Crippen LogP contribution in [0.25, 0.3) is 11.0 Å². The number of ether oxygens (including phenoxy) is 2. The maximum atomic E-state index is 12.1. The first-order valence-electron chi connectivity index (χ1n) is 5.99. The molecule has 8 nitrogen and oxygen atoms in total. The van der Waals surface area contributed by atoms with Crippen LogP contribution in [0.2, 0.25) is 0 Å². The Morgan fingerprint density at radius 3 is 2.09 bits per heavy atom. The summed E-state index contributed by atoms with van der Waals surface area (Å²) in [5.74, 6) is -3.14. The Balaban J connectivity index is 2.74. The minimum Gasteiger partial charge on any atom is -0.477 e. The van der Waals surface area contributed by atoms with Gasteiger partial charge in [0.2, 0.25) is 5.43 Å². The summed E-state index contributed by atoms with van der Waals surface area (Å²) >= 11 is 0. The number of hydrogen-bond donors (Lipinski definition) is 1. The molecule has 0 bridgehead atoms. The number of carbonyl (C=O) groups excluding carboxylic acids is 2. The number of hydrogen-bond acceptors (Lipinski definition) is 7. The van der Waals surface area contributed by atoms with Gasteiger partial charge in [-0.3, -0.25) is 14.4 Å². The molecule has 0 atom stereocenters. The van der Waals surface area contributed by atoms with Crippen molar-refractivity contribution in [3.8, 4) is 11.5 Å². The van der Waals surface area contributed by atoms with Crippen molar-refractivity contribution in [1.29, 1.82) is 0 Å². The van der Waals surface area contributed by atoms with Gasteiger partial charge in [0.25, 0.3) is 0 Å². The lowest BCUT2D eigenvalue weighted by Crippen LogP contribution is -2.15. The van der Waals surface area contributed by atoms with Crippen LogP contribution in [-0.2, 0) is 9.59 Å². The third-order valence-corrected chi connectivity index (χ3v) is 2.58. The topological polar surface area (TPSA) is 120 Å². The number of benzene rings is 1. The molecule has 0 aliphatic heterocycles. The van der Waals surface area contributed by atoms with E-state index in [1.165, 1.54) is 6.07 Å². The number of fused-ring (bicyclic) bond motifs is 1. The monoisotopic (exact) mass is 306 g/mol. The van der Waals surface area contributed by atoms with Crippen molar-refractivity contribution in [3.05, 3.63) is 34.2 Å². The van der Waals surface area contributed by atoms with Crippen molar-refractivity contribution in [1.82, 2.24) is 0 Å². The van der Waals surface area contributed by atoms with Gasteiger partial charge in [0.05, 0.1) is 5.39 Å². The number of carboxylic acids is 1. The van der Waals surface area contributed by atoms with E-state index < -0.39 is 28.9 Å². The predicted molar refractivity (Wildman–Crippen MR) is 72.1 cm³/mol. The van der Waals surface area contributed by atoms with Gasteiger partial charge in [0.1, 0.15) is 17.4 Å². The fraction of sp³-hybridized carbons (Fsp3) is 0.143. The van der Waals surface area contributed by atoms with E-state index >= 15 is 0 Å². The van der Waals surface area contributed by atoms with Gasteiger partial charge in [-0.05, 0) is 6.07 Å².